The van der Waals surface area contributed by atoms with Crippen LogP contribution < -0.4 is 10.1 Å². The third-order valence-corrected chi connectivity index (χ3v) is 4.30. The highest BCUT2D eigenvalue weighted by molar-refractivity contribution is 7.14. The van der Waals surface area contributed by atoms with Gasteiger partial charge in [-0.1, -0.05) is 0 Å². The third kappa shape index (κ3) is 3.14. The number of ether oxygens (including phenoxy) is 1. The van der Waals surface area contributed by atoms with Crippen LogP contribution in [0.5, 0.6) is 5.75 Å². The van der Waals surface area contributed by atoms with Gasteiger partial charge in [0.25, 0.3) is 5.91 Å². The van der Waals surface area contributed by atoms with Crippen LogP contribution in [-0.4, -0.2) is 29.1 Å². The number of methoxy groups -OCH3 is 1. The van der Waals surface area contributed by atoms with Gasteiger partial charge in [0.2, 0.25) is 0 Å². The molecule has 0 atom stereocenters. The minimum absolute atomic E-state index is 0.0104. The van der Waals surface area contributed by atoms with E-state index in [2.05, 4.69) is 10.3 Å². The van der Waals surface area contributed by atoms with E-state index < -0.39 is 5.97 Å². The fourth-order valence-corrected chi connectivity index (χ4v) is 3.13. The summed E-state index contributed by atoms with van der Waals surface area (Å²) in [5, 5.41) is 13.5. The first-order chi connectivity index (χ1) is 9.51. The molecule has 0 fully saturated rings. The number of hydrogen-bond acceptors (Lipinski definition) is 6. The summed E-state index contributed by atoms with van der Waals surface area (Å²) in [5.41, 5.74) is -0.0104. The van der Waals surface area contributed by atoms with Crippen molar-refractivity contribution in [2.45, 2.75) is 13.5 Å². The first-order valence-electron chi connectivity index (χ1n) is 5.61. The Bertz CT molecular complexity index is 648. The zero-order chi connectivity index (χ0) is 14.7. The second kappa shape index (κ2) is 6.02. The van der Waals surface area contributed by atoms with E-state index in [0.717, 1.165) is 4.88 Å². The lowest BCUT2D eigenvalue weighted by atomic mass is 10.3. The molecule has 6 nitrogen and oxygen atoms in total. The number of nitrogens with one attached hydrogen (secondary N) is 1. The van der Waals surface area contributed by atoms with E-state index in [9.17, 15) is 9.59 Å². The SMILES string of the molecule is COc1cc(C)sc1C(=O)NCc1nc(C(=O)O)cs1. The van der Waals surface area contributed by atoms with Crippen molar-refractivity contribution < 1.29 is 19.4 Å². The van der Waals surface area contributed by atoms with E-state index in [0.29, 0.717) is 15.6 Å². The molecule has 0 spiro atoms. The first-order valence-corrected chi connectivity index (χ1v) is 7.31. The van der Waals surface area contributed by atoms with Crippen LogP contribution in [0, 0.1) is 6.92 Å². The fraction of sp³-hybridized carbons (Fsp3) is 0.250. The average Bonchev–Trinajstić information content (AvgIpc) is 3.02. The zero-order valence-electron chi connectivity index (χ0n) is 10.8. The predicted octanol–water partition coefficient (Wildman–Crippen LogP) is 2.15. The van der Waals surface area contributed by atoms with Crippen molar-refractivity contribution in [1.82, 2.24) is 10.3 Å². The van der Waals surface area contributed by atoms with E-state index in [4.69, 9.17) is 9.84 Å². The molecule has 0 saturated carbocycles. The number of hydrogen-bond donors (Lipinski definition) is 2. The summed E-state index contributed by atoms with van der Waals surface area (Å²) < 4.78 is 5.13. The number of aromatic carboxylic acids is 1. The van der Waals surface area contributed by atoms with E-state index in [1.165, 1.54) is 35.2 Å². The second-order valence-corrected chi connectivity index (χ2v) is 6.07. The molecular weight excluding hydrogens is 300 g/mol. The lowest BCUT2D eigenvalue weighted by Crippen LogP contribution is -2.22. The number of rotatable bonds is 5. The molecule has 0 bridgehead atoms. The van der Waals surface area contributed by atoms with E-state index >= 15 is 0 Å². The summed E-state index contributed by atoms with van der Waals surface area (Å²) in [6.45, 7) is 2.08. The zero-order valence-corrected chi connectivity index (χ0v) is 12.4. The van der Waals surface area contributed by atoms with Crippen molar-refractivity contribution in [3.05, 3.63) is 31.9 Å². The Morgan fingerprint density at radius 3 is 2.85 bits per heavy atom. The summed E-state index contributed by atoms with van der Waals surface area (Å²) in [6, 6.07) is 1.80. The first kappa shape index (κ1) is 14.5. The Labute approximate surface area is 123 Å². The molecule has 0 radical (unpaired) electrons. The molecule has 0 aliphatic carbocycles. The highest BCUT2D eigenvalue weighted by Crippen LogP contribution is 2.28. The van der Waals surface area contributed by atoms with Crippen LogP contribution in [0.3, 0.4) is 0 Å². The number of carboxylic acids is 1. The van der Waals surface area contributed by atoms with Gasteiger partial charge in [0.15, 0.2) is 5.69 Å². The van der Waals surface area contributed by atoms with Crippen LogP contribution in [0.2, 0.25) is 0 Å². The summed E-state index contributed by atoms with van der Waals surface area (Å²) >= 11 is 2.54. The summed E-state index contributed by atoms with van der Waals surface area (Å²) in [4.78, 5) is 28.1. The number of carbonyl (C=O) groups excluding carboxylic acids is 1. The van der Waals surface area contributed by atoms with Crippen LogP contribution in [0.1, 0.15) is 30.0 Å². The quantitative estimate of drug-likeness (QED) is 0.883. The van der Waals surface area contributed by atoms with Gasteiger partial charge in [-0.2, -0.15) is 0 Å². The molecule has 2 rings (SSSR count). The van der Waals surface area contributed by atoms with E-state index in [1.807, 2.05) is 6.92 Å². The van der Waals surface area contributed by atoms with Crippen LogP contribution in [0.25, 0.3) is 0 Å². The number of carboxylic acid groups (broad SMARTS) is 1. The molecule has 20 heavy (non-hydrogen) atoms. The summed E-state index contributed by atoms with van der Waals surface area (Å²) in [7, 11) is 1.51. The standard InChI is InChI=1S/C12H12N2O4S2/c1-6-3-8(18-2)10(20-6)11(15)13-4-9-14-7(5-19-9)12(16)17/h3,5H,4H2,1-2H3,(H,13,15)(H,16,17). The lowest BCUT2D eigenvalue weighted by molar-refractivity contribution is 0.0691. The van der Waals surface area contributed by atoms with Gasteiger partial charge in [-0.25, -0.2) is 9.78 Å². The second-order valence-electron chi connectivity index (χ2n) is 3.87. The number of amides is 1. The van der Waals surface area contributed by atoms with E-state index in [1.54, 1.807) is 6.07 Å². The Hall–Kier alpha value is -1.93. The van der Waals surface area contributed by atoms with Gasteiger partial charge < -0.3 is 15.2 Å². The van der Waals surface area contributed by atoms with Gasteiger partial charge in [0.1, 0.15) is 15.6 Å². The molecule has 0 unspecified atom stereocenters. The highest BCUT2D eigenvalue weighted by Gasteiger charge is 2.16. The maximum atomic E-state index is 12.0. The van der Waals surface area contributed by atoms with Crippen molar-refractivity contribution in [2.75, 3.05) is 7.11 Å². The Morgan fingerprint density at radius 1 is 1.50 bits per heavy atom. The fourth-order valence-electron chi connectivity index (χ4n) is 1.53. The number of aryl methyl sites for hydroxylation is 1. The Kier molecular flexibility index (Phi) is 4.35. The summed E-state index contributed by atoms with van der Waals surface area (Å²) in [5.74, 6) is -0.795. The minimum atomic E-state index is -1.07. The monoisotopic (exact) mass is 312 g/mol. The average molecular weight is 312 g/mol. The van der Waals surface area contributed by atoms with Gasteiger partial charge >= 0.3 is 5.97 Å². The van der Waals surface area contributed by atoms with Crippen LogP contribution in [0.15, 0.2) is 11.4 Å². The third-order valence-electron chi connectivity index (χ3n) is 2.42. The van der Waals surface area contributed by atoms with Gasteiger partial charge in [0, 0.05) is 10.3 Å². The number of aromatic nitrogens is 1. The molecule has 2 aromatic rings. The lowest BCUT2D eigenvalue weighted by Gasteiger charge is -2.03. The number of thiophene rings is 1. The van der Waals surface area contributed by atoms with E-state index in [-0.39, 0.29) is 18.1 Å². The van der Waals surface area contributed by atoms with Crippen LogP contribution in [-0.2, 0) is 6.54 Å². The molecule has 0 aliphatic heterocycles. The van der Waals surface area contributed by atoms with Crippen molar-refractivity contribution in [2.24, 2.45) is 0 Å². The molecule has 0 aromatic carbocycles. The molecule has 106 valence electrons. The van der Waals surface area contributed by atoms with Crippen LogP contribution in [0.4, 0.5) is 0 Å². The van der Waals surface area contributed by atoms with Crippen molar-refractivity contribution in [1.29, 1.82) is 0 Å². The Morgan fingerprint density at radius 2 is 2.25 bits per heavy atom. The molecule has 2 N–H and O–H groups in total. The highest BCUT2D eigenvalue weighted by atomic mass is 32.1. The maximum Gasteiger partial charge on any atom is 0.355 e. The maximum absolute atomic E-state index is 12.0. The number of carbonyl (C=O) groups is 2. The molecule has 1 amide bonds. The van der Waals surface area contributed by atoms with Crippen molar-refractivity contribution in [3.8, 4) is 5.75 Å². The summed E-state index contributed by atoms with van der Waals surface area (Å²) in [6.07, 6.45) is 0. The molecule has 8 heteroatoms. The molecule has 2 aromatic heterocycles. The predicted molar refractivity (Wildman–Crippen MR) is 75.9 cm³/mol. The smallest absolute Gasteiger partial charge is 0.355 e. The van der Waals surface area contributed by atoms with Crippen molar-refractivity contribution >= 4 is 34.6 Å². The van der Waals surface area contributed by atoms with Crippen molar-refractivity contribution in [3.63, 3.8) is 0 Å². The number of thiazole rings is 1. The largest absolute Gasteiger partial charge is 0.495 e. The van der Waals surface area contributed by atoms with Gasteiger partial charge in [0.05, 0.1) is 13.7 Å². The van der Waals surface area contributed by atoms with Gasteiger partial charge in [-0.05, 0) is 13.0 Å². The Balaban J connectivity index is 2.02. The molecule has 0 aliphatic rings. The topological polar surface area (TPSA) is 88.5 Å². The molecular formula is C12H12N2O4S2. The normalized spacial score (nSPS) is 10.3. The van der Waals surface area contributed by atoms with Gasteiger partial charge in [-0.15, -0.1) is 22.7 Å². The number of nitrogens with zero attached hydrogens (tertiary/aromatic N) is 1. The molecule has 0 saturated heterocycles. The van der Waals surface area contributed by atoms with Crippen LogP contribution >= 0.6 is 22.7 Å². The minimum Gasteiger partial charge on any atom is -0.495 e. The molecule has 2 heterocycles. The van der Waals surface area contributed by atoms with Gasteiger partial charge in [-0.3, -0.25) is 4.79 Å².